The summed E-state index contributed by atoms with van der Waals surface area (Å²) < 4.78 is 5.17. The van der Waals surface area contributed by atoms with Gasteiger partial charge in [0.05, 0.1) is 13.2 Å². The second-order valence-electron chi connectivity index (χ2n) is 4.46. The third-order valence-corrected chi connectivity index (χ3v) is 2.71. The van der Waals surface area contributed by atoms with Crippen molar-refractivity contribution in [1.29, 1.82) is 0 Å². The van der Waals surface area contributed by atoms with Gasteiger partial charge in [-0.05, 0) is 13.8 Å². The maximum Gasteiger partial charge on any atom is 0.493 e. The summed E-state index contributed by atoms with van der Waals surface area (Å²) in [5.41, 5.74) is 0.947. The number of carbonyl (C=O) groups excluding carboxylic acids is 1. The van der Waals surface area contributed by atoms with Crippen LogP contribution in [0.3, 0.4) is 0 Å². The monoisotopic (exact) mass is 239 g/mol. The van der Waals surface area contributed by atoms with Crippen LogP contribution in [0.4, 0.5) is 0 Å². The predicted octanol–water partition coefficient (Wildman–Crippen LogP) is 1.00. The summed E-state index contributed by atoms with van der Waals surface area (Å²) in [5.74, 6) is -0.344. The van der Waals surface area contributed by atoms with Gasteiger partial charge < -0.3 is 19.7 Å². The molecule has 0 bridgehead atoms. The molecule has 4 heteroatoms. The topological polar surface area (TPSA) is 71.1 Å². The molecule has 0 aliphatic rings. The van der Waals surface area contributed by atoms with Crippen LogP contribution < -0.4 is 0 Å². The van der Waals surface area contributed by atoms with Crippen LogP contribution in [0.5, 0.6) is 0 Å². The first-order chi connectivity index (χ1) is 8.01. The molecule has 0 aliphatic carbocycles. The average Bonchev–Trinajstić information content (AvgIpc) is 2.36. The van der Waals surface area contributed by atoms with Gasteiger partial charge in [0, 0.05) is 5.56 Å². The normalized spacial score (nSPS) is 11.3. The second-order valence-corrected chi connectivity index (χ2v) is 4.46. The van der Waals surface area contributed by atoms with Crippen molar-refractivity contribution in [2.45, 2.75) is 20.5 Å². The summed E-state index contributed by atoms with van der Waals surface area (Å²) in [5, 5.41) is 18.1. The fourth-order valence-corrected chi connectivity index (χ4v) is 1.20. The maximum absolute atomic E-state index is 9.66. The van der Waals surface area contributed by atoms with Gasteiger partial charge in [-0.3, -0.25) is 0 Å². The lowest BCUT2D eigenvalue weighted by Gasteiger charge is -2.16. The predicted molar refractivity (Wildman–Crippen MR) is 65.2 cm³/mol. The molecule has 0 unspecified atom stereocenters. The van der Waals surface area contributed by atoms with E-state index in [1.165, 1.54) is 6.92 Å². The van der Waals surface area contributed by atoms with Crippen molar-refractivity contribution in [2.24, 2.45) is 5.41 Å². The van der Waals surface area contributed by atoms with Crippen molar-refractivity contribution in [2.75, 3.05) is 13.2 Å². The van der Waals surface area contributed by atoms with Gasteiger partial charge in [-0.15, -0.1) is 0 Å². The number of esters is 1. The van der Waals surface area contributed by atoms with Crippen LogP contribution in [-0.4, -0.2) is 34.2 Å². The van der Waals surface area contributed by atoms with Crippen LogP contribution >= 0.6 is 0 Å². The van der Waals surface area contributed by atoms with E-state index in [1.54, 1.807) is 0 Å². The molecule has 4 nitrogen and oxygen atoms in total. The van der Waals surface area contributed by atoms with Crippen LogP contribution in [0.25, 0.3) is 0 Å². The molecular formula is C13H19O4+. The van der Waals surface area contributed by atoms with Gasteiger partial charge in [0.2, 0.25) is 6.61 Å². The van der Waals surface area contributed by atoms with Crippen molar-refractivity contribution in [3.05, 3.63) is 35.4 Å². The number of ether oxygens (including phenoxy) is 1. The molecule has 0 radical (unpaired) electrons. The maximum atomic E-state index is 9.66. The largest absolute Gasteiger partial charge is 0.493 e. The summed E-state index contributed by atoms with van der Waals surface area (Å²) in [7, 11) is 0. The van der Waals surface area contributed by atoms with Gasteiger partial charge >= 0.3 is 5.97 Å². The van der Waals surface area contributed by atoms with Gasteiger partial charge in [0.1, 0.15) is 0 Å². The zero-order chi connectivity index (χ0) is 12.9. The Morgan fingerprint density at radius 1 is 1.24 bits per heavy atom. The first-order valence-corrected chi connectivity index (χ1v) is 5.48. The Hall–Kier alpha value is -1.39. The summed E-state index contributed by atoms with van der Waals surface area (Å²) in [6, 6.07) is 7.70. The molecular weight excluding hydrogens is 220 g/mol. The lowest BCUT2D eigenvalue weighted by Crippen LogP contribution is -2.37. The molecule has 0 heterocycles. The molecule has 0 saturated heterocycles. The van der Waals surface area contributed by atoms with E-state index in [2.05, 4.69) is 0 Å². The summed E-state index contributed by atoms with van der Waals surface area (Å²) in [6.07, 6.45) is 0. The first-order valence-electron chi connectivity index (χ1n) is 5.48. The number of hydrogen-bond donors (Lipinski definition) is 2. The number of aliphatic hydroxyl groups excluding tert-OH is 2. The fraction of sp³-hybridized carbons (Fsp3) is 0.462. The molecule has 1 aromatic carbocycles. The molecule has 1 rings (SSSR count). The van der Waals surface area contributed by atoms with Gasteiger partial charge in [-0.1, -0.05) is 29.8 Å². The van der Waals surface area contributed by atoms with E-state index in [9.17, 15) is 4.79 Å². The SMILES string of the molecule is Cc1ccc(COC(=[OH+])C(C)(CO)CO)cc1. The van der Waals surface area contributed by atoms with Crippen molar-refractivity contribution in [3.63, 3.8) is 0 Å². The lowest BCUT2D eigenvalue weighted by molar-refractivity contribution is 0.0826. The highest BCUT2D eigenvalue weighted by molar-refractivity contribution is 5.77. The Bertz CT molecular complexity index is 366. The van der Waals surface area contributed by atoms with Crippen molar-refractivity contribution >= 4 is 5.97 Å². The standard InChI is InChI=1S/C13H18O4/c1-10-3-5-11(6-4-10)7-17-12(16)13(2,8-14)9-15/h3-6,14-15H,7-9H2,1-2H3/p+1. The Morgan fingerprint density at radius 3 is 2.24 bits per heavy atom. The average molecular weight is 239 g/mol. The number of aliphatic hydroxyl groups is 2. The minimum absolute atomic E-state index is 0.210. The molecule has 1 aromatic rings. The quantitative estimate of drug-likeness (QED) is 0.595. The molecule has 0 aromatic heterocycles. The molecule has 0 atom stereocenters. The number of benzene rings is 1. The van der Waals surface area contributed by atoms with Crippen molar-refractivity contribution < 1.29 is 19.7 Å². The van der Waals surface area contributed by atoms with Gasteiger partial charge in [-0.25, -0.2) is 0 Å². The molecule has 0 spiro atoms. The fourth-order valence-electron chi connectivity index (χ4n) is 1.20. The van der Waals surface area contributed by atoms with E-state index in [0.29, 0.717) is 0 Å². The molecule has 94 valence electrons. The summed E-state index contributed by atoms with van der Waals surface area (Å²) in [4.78, 5) is 9.66. The van der Waals surface area contributed by atoms with E-state index >= 15 is 0 Å². The van der Waals surface area contributed by atoms with Gasteiger partial charge in [0.15, 0.2) is 5.41 Å². The number of hydrogen-bond acceptors (Lipinski definition) is 3. The minimum Gasteiger partial charge on any atom is -0.395 e. The molecule has 0 fully saturated rings. The van der Waals surface area contributed by atoms with E-state index in [-0.39, 0.29) is 25.8 Å². The number of aryl methyl sites for hydroxylation is 1. The highest BCUT2D eigenvalue weighted by atomic mass is 16.5. The highest BCUT2D eigenvalue weighted by Gasteiger charge is 2.40. The zero-order valence-corrected chi connectivity index (χ0v) is 10.2. The molecule has 0 saturated carbocycles. The Morgan fingerprint density at radius 2 is 1.76 bits per heavy atom. The lowest BCUT2D eigenvalue weighted by atomic mass is 9.93. The minimum atomic E-state index is -1.12. The molecule has 17 heavy (non-hydrogen) atoms. The van der Waals surface area contributed by atoms with Crippen LogP contribution in [0, 0.1) is 12.3 Å². The van der Waals surface area contributed by atoms with Crippen LogP contribution in [0.1, 0.15) is 18.1 Å². The van der Waals surface area contributed by atoms with E-state index < -0.39 is 5.41 Å². The van der Waals surface area contributed by atoms with Crippen molar-refractivity contribution in [1.82, 2.24) is 0 Å². The summed E-state index contributed by atoms with van der Waals surface area (Å²) >= 11 is 0. The summed E-state index contributed by atoms with van der Waals surface area (Å²) in [6.45, 7) is 2.98. The number of rotatable bonds is 5. The van der Waals surface area contributed by atoms with E-state index in [4.69, 9.17) is 14.9 Å². The van der Waals surface area contributed by atoms with Crippen LogP contribution in [0.2, 0.25) is 0 Å². The Labute approximate surface area is 101 Å². The Kier molecular flexibility index (Phi) is 4.66. The van der Waals surface area contributed by atoms with Gasteiger partial charge in [0.25, 0.3) is 0 Å². The molecule has 0 aliphatic heterocycles. The Balaban J connectivity index is 2.56. The third-order valence-electron chi connectivity index (χ3n) is 2.71. The zero-order valence-electron chi connectivity index (χ0n) is 10.2. The highest BCUT2D eigenvalue weighted by Crippen LogP contribution is 2.17. The smallest absolute Gasteiger partial charge is 0.395 e. The second kappa shape index (κ2) is 5.80. The first kappa shape index (κ1) is 13.7. The van der Waals surface area contributed by atoms with Gasteiger partial charge in [-0.2, -0.15) is 0 Å². The molecule has 3 N–H and O–H groups in total. The van der Waals surface area contributed by atoms with E-state index in [1.807, 2.05) is 31.2 Å². The van der Waals surface area contributed by atoms with Crippen molar-refractivity contribution in [3.8, 4) is 0 Å². The van der Waals surface area contributed by atoms with Crippen LogP contribution in [-0.2, 0) is 11.3 Å². The van der Waals surface area contributed by atoms with E-state index in [0.717, 1.165) is 11.1 Å². The third kappa shape index (κ3) is 3.54. The van der Waals surface area contributed by atoms with Crippen LogP contribution in [0.15, 0.2) is 24.3 Å². The molecule has 0 amide bonds.